The molecule has 0 saturated carbocycles. The van der Waals surface area contributed by atoms with Crippen molar-refractivity contribution in [2.75, 3.05) is 4.90 Å². The van der Waals surface area contributed by atoms with Gasteiger partial charge in [0.1, 0.15) is 17.3 Å². The summed E-state index contributed by atoms with van der Waals surface area (Å²) in [6.45, 7) is 1.99. The SMILES string of the molecule is Cc1cccc(Oc2ccc(N3C(=O)C(=O)/C(=C(\O)c4ccccc4)C3c3cccnc3)cc2)c1. The predicted molar refractivity (Wildman–Crippen MR) is 133 cm³/mol. The number of hydrogen-bond acceptors (Lipinski definition) is 5. The largest absolute Gasteiger partial charge is 0.507 e. The molecule has 1 unspecified atom stereocenters. The first-order valence-electron chi connectivity index (χ1n) is 11.1. The summed E-state index contributed by atoms with van der Waals surface area (Å²) in [6, 6.07) is 26.0. The highest BCUT2D eigenvalue weighted by Crippen LogP contribution is 2.42. The first-order chi connectivity index (χ1) is 17.0. The summed E-state index contributed by atoms with van der Waals surface area (Å²) in [7, 11) is 0. The van der Waals surface area contributed by atoms with E-state index in [0.29, 0.717) is 28.3 Å². The van der Waals surface area contributed by atoms with Crippen LogP contribution in [0.25, 0.3) is 5.76 Å². The number of carbonyl (C=O) groups is 2. The van der Waals surface area contributed by atoms with E-state index in [2.05, 4.69) is 4.98 Å². The Labute approximate surface area is 202 Å². The Morgan fingerprint density at radius 3 is 2.34 bits per heavy atom. The van der Waals surface area contributed by atoms with E-state index in [1.54, 1.807) is 73.1 Å². The van der Waals surface area contributed by atoms with Gasteiger partial charge in [-0.15, -0.1) is 0 Å². The van der Waals surface area contributed by atoms with Crippen molar-refractivity contribution in [2.45, 2.75) is 13.0 Å². The maximum atomic E-state index is 13.2. The zero-order valence-electron chi connectivity index (χ0n) is 19.0. The summed E-state index contributed by atoms with van der Waals surface area (Å²) in [5, 5.41) is 11.1. The van der Waals surface area contributed by atoms with Gasteiger partial charge < -0.3 is 9.84 Å². The minimum absolute atomic E-state index is 0.0225. The van der Waals surface area contributed by atoms with Gasteiger partial charge in [-0.3, -0.25) is 19.5 Å². The molecule has 6 nitrogen and oxygen atoms in total. The van der Waals surface area contributed by atoms with Gasteiger partial charge in [0.2, 0.25) is 0 Å². The summed E-state index contributed by atoms with van der Waals surface area (Å²) in [5.74, 6) is -0.391. The van der Waals surface area contributed by atoms with Crippen LogP contribution in [0.1, 0.15) is 22.7 Å². The summed E-state index contributed by atoms with van der Waals surface area (Å²) in [4.78, 5) is 32.0. The zero-order chi connectivity index (χ0) is 24.4. The molecule has 1 aromatic heterocycles. The highest BCUT2D eigenvalue weighted by molar-refractivity contribution is 6.51. The summed E-state index contributed by atoms with van der Waals surface area (Å²) in [6.07, 6.45) is 3.21. The van der Waals surface area contributed by atoms with Gasteiger partial charge in [-0.25, -0.2) is 0 Å². The third-order valence-corrected chi connectivity index (χ3v) is 5.83. The fraction of sp³-hybridized carbons (Fsp3) is 0.0690. The van der Waals surface area contributed by atoms with Crippen LogP contribution in [0.2, 0.25) is 0 Å². The number of aliphatic hydroxyl groups excluding tert-OH is 1. The number of ketones is 1. The molecular formula is C29H22N2O4. The van der Waals surface area contributed by atoms with Gasteiger partial charge in [0, 0.05) is 23.6 Å². The number of hydrogen-bond donors (Lipinski definition) is 1. The Morgan fingerprint density at radius 1 is 0.886 bits per heavy atom. The van der Waals surface area contributed by atoms with E-state index in [9.17, 15) is 14.7 Å². The van der Waals surface area contributed by atoms with E-state index >= 15 is 0 Å². The lowest BCUT2D eigenvalue weighted by Gasteiger charge is -2.25. The van der Waals surface area contributed by atoms with Crippen LogP contribution in [-0.4, -0.2) is 21.8 Å². The highest BCUT2D eigenvalue weighted by atomic mass is 16.5. The maximum Gasteiger partial charge on any atom is 0.300 e. The molecule has 1 saturated heterocycles. The monoisotopic (exact) mass is 462 g/mol. The smallest absolute Gasteiger partial charge is 0.300 e. The topological polar surface area (TPSA) is 79.7 Å². The number of nitrogens with zero attached hydrogens (tertiary/aromatic N) is 2. The van der Waals surface area contributed by atoms with Gasteiger partial charge in [0.25, 0.3) is 11.7 Å². The average Bonchev–Trinajstić information content (AvgIpc) is 3.15. The van der Waals surface area contributed by atoms with E-state index < -0.39 is 17.7 Å². The second-order valence-corrected chi connectivity index (χ2v) is 8.23. The molecule has 0 aliphatic carbocycles. The third-order valence-electron chi connectivity index (χ3n) is 5.83. The van der Waals surface area contributed by atoms with Gasteiger partial charge in [0.15, 0.2) is 0 Å². The summed E-state index contributed by atoms with van der Waals surface area (Å²) in [5.41, 5.74) is 2.68. The molecule has 5 rings (SSSR count). The lowest BCUT2D eigenvalue weighted by atomic mass is 9.96. The first-order valence-corrected chi connectivity index (χ1v) is 11.1. The molecule has 6 heteroatoms. The predicted octanol–water partition coefficient (Wildman–Crippen LogP) is 5.81. The second-order valence-electron chi connectivity index (χ2n) is 8.23. The standard InChI is InChI=1S/C29H22N2O4/c1-19-7-5-11-24(17-19)35-23-14-12-22(13-15-23)31-26(21-10-6-16-30-18-21)25(28(33)29(31)34)27(32)20-8-3-2-4-9-20/h2-18,26,32H,1H3/b27-25-. The van der Waals surface area contributed by atoms with Gasteiger partial charge in [-0.05, 0) is 60.5 Å². The molecule has 1 N–H and O–H groups in total. The van der Waals surface area contributed by atoms with Crippen molar-refractivity contribution in [3.05, 3.63) is 126 Å². The van der Waals surface area contributed by atoms with E-state index in [-0.39, 0.29) is 11.3 Å². The number of pyridine rings is 1. The average molecular weight is 463 g/mol. The number of Topliss-reactive ketones (excluding diaryl/α,β-unsaturated/α-hetero) is 1. The van der Waals surface area contributed by atoms with Crippen molar-refractivity contribution in [1.82, 2.24) is 4.98 Å². The molecule has 0 spiro atoms. The molecule has 0 radical (unpaired) electrons. The van der Waals surface area contributed by atoms with E-state index in [4.69, 9.17) is 4.74 Å². The Hall–Kier alpha value is -4.71. The van der Waals surface area contributed by atoms with Crippen molar-refractivity contribution in [3.8, 4) is 11.5 Å². The Bertz CT molecular complexity index is 1410. The normalized spacial score (nSPS) is 16.9. The van der Waals surface area contributed by atoms with Crippen LogP contribution in [0.15, 0.2) is 109 Å². The number of ether oxygens (including phenoxy) is 1. The number of aryl methyl sites for hydroxylation is 1. The molecule has 1 fully saturated rings. The zero-order valence-corrected chi connectivity index (χ0v) is 19.0. The van der Waals surface area contributed by atoms with Crippen LogP contribution in [0, 0.1) is 6.92 Å². The van der Waals surface area contributed by atoms with Crippen LogP contribution in [-0.2, 0) is 9.59 Å². The molecule has 172 valence electrons. The maximum absolute atomic E-state index is 13.2. The molecule has 2 heterocycles. The van der Waals surface area contributed by atoms with Crippen molar-refractivity contribution in [3.63, 3.8) is 0 Å². The minimum Gasteiger partial charge on any atom is -0.507 e. The fourth-order valence-electron chi connectivity index (χ4n) is 4.19. The Kier molecular flexibility index (Phi) is 5.85. The number of anilines is 1. The van der Waals surface area contributed by atoms with Crippen molar-refractivity contribution in [2.24, 2.45) is 0 Å². The lowest BCUT2D eigenvalue weighted by Crippen LogP contribution is -2.29. The van der Waals surface area contributed by atoms with Gasteiger partial charge in [-0.2, -0.15) is 0 Å². The number of aromatic nitrogens is 1. The van der Waals surface area contributed by atoms with Crippen LogP contribution in [0.5, 0.6) is 11.5 Å². The summed E-state index contributed by atoms with van der Waals surface area (Å²) < 4.78 is 5.92. The first kappa shape index (κ1) is 22.1. The molecule has 4 aromatic rings. The van der Waals surface area contributed by atoms with Gasteiger partial charge in [-0.1, -0.05) is 48.5 Å². The van der Waals surface area contributed by atoms with Crippen LogP contribution in [0.4, 0.5) is 5.69 Å². The molecule has 35 heavy (non-hydrogen) atoms. The molecule has 1 aliphatic rings. The van der Waals surface area contributed by atoms with E-state index in [1.807, 2.05) is 37.3 Å². The molecule has 1 atom stereocenters. The van der Waals surface area contributed by atoms with Crippen LogP contribution in [0.3, 0.4) is 0 Å². The number of amides is 1. The number of rotatable bonds is 5. The van der Waals surface area contributed by atoms with Crippen molar-refractivity contribution >= 4 is 23.1 Å². The Morgan fingerprint density at radius 2 is 1.66 bits per heavy atom. The molecule has 0 bridgehead atoms. The number of benzene rings is 3. The van der Waals surface area contributed by atoms with Crippen LogP contribution < -0.4 is 9.64 Å². The highest BCUT2D eigenvalue weighted by Gasteiger charge is 2.47. The van der Waals surface area contributed by atoms with Crippen molar-refractivity contribution < 1.29 is 19.4 Å². The van der Waals surface area contributed by atoms with E-state index in [1.165, 1.54) is 4.90 Å². The molecule has 3 aromatic carbocycles. The van der Waals surface area contributed by atoms with Gasteiger partial charge >= 0.3 is 0 Å². The van der Waals surface area contributed by atoms with Crippen molar-refractivity contribution in [1.29, 1.82) is 0 Å². The quantitative estimate of drug-likeness (QED) is 0.230. The molecule has 1 amide bonds. The Balaban J connectivity index is 1.56. The number of carbonyl (C=O) groups excluding carboxylic acids is 2. The summed E-state index contributed by atoms with van der Waals surface area (Å²) >= 11 is 0. The fourth-order valence-corrected chi connectivity index (χ4v) is 4.19. The second kappa shape index (κ2) is 9.27. The number of aliphatic hydroxyl groups is 1. The lowest BCUT2D eigenvalue weighted by molar-refractivity contribution is -0.132. The van der Waals surface area contributed by atoms with E-state index in [0.717, 1.165) is 5.56 Å². The minimum atomic E-state index is -0.826. The van der Waals surface area contributed by atoms with Gasteiger partial charge in [0.05, 0.1) is 11.6 Å². The third kappa shape index (κ3) is 4.29. The molecule has 1 aliphatic heterocycles. The molecular weight excluding hydrogens is 440 g/mol. The van der Waals surface area contributed by atoms with Crippen LogP contribution >= 0.6 is 0 Å².